The summed E-state index contributed by atoms with van der Waals surface area (Å²) in [6.45, 7) is 0.780. The summed E-state index contributed by atoms with van der Waals surface area (Å²) in [7, 11) is 3.23. The minimum absolute atomic E-state index is 0.0916. The van der Waals surface area contributed by atoms with Crippen LogP contribution in [0.4, 0.5) is 5.82 Å². The molecule has 6 heteroatoms. The number of nitrogens with zero attached hydrogens (tertiary/aromatic N) is 2. The van der Waals surface area contributed by atoms with Gasteiger partial charge < -0.3 is 19.9 Å². The maximum atomic E-state index is 9.53. The summed E-state index contributed by atoms with van der Waals surface area (Å²) in [6, 6.07) is 0. The van der Waals surface area contributed by atoms with Crippen molar-refractivity contribution in [3.8, 4) is 11.6 Å². The highest BCUT2D eigenvalue weighted by atomic mass is 16.5. The topological polar surface area (TPSA) is 76.5 Å². The Kier molecular flexibility index (Phi) is 3.93. The van der Waals surface area contributed by atoms with Crippen molar-refractivity contribution in [1.29, 1.82) is 0 Å². The fourth-order valence-electron chi connectivity index (χ4n) is 0.873. The molecule has 0 bridgehead atoms. The quantitative estimate of drug-likeness (QED) is 0.662. The number of methoxy groups -OCH3 is 1. The molecule has 78 valence electrons. The molecule has 0 aliphatic carbocycles. The van der Waals surface area contributed by atoms with Gasteiger partial charge in [-0.15, -0.1) is 0 Å². The Morgan fingerprint density at radius 1 is 1.43 bits per heavy atom. The molecule has 0 aromatic carbocycles. The van der Waals surface area contributed by atoms with E-state index >= 15 is 0 Å². The van der Waals surface area contributed by atoms with E-state index in [0.717, 1.165) is 0 Å². The molecule has 0 unspecified atom stereocenters. The fourth-order valence-corrected chi connectivity index (χ4v) is 0.873. The van der Waals surface area contributed by atoms with E-state index in [0.29, 0.717) is 19.0 Å². The molecular weight excluding hydrogens is 186 g/mol. The number of aromatic hydroxyl groups is 1. The maximum absolute atomic E-state index is 9.53. The van der Waals surface area contributed by atoms with E-state index in [2.05, 4.69) is 15.3 Å². The zero-order valence-corrected chi connectivity index (χ0v) is 8.15. The van der Waals surface area contributed by atoms with Crippen LogP contribution in [0.5, 0.6) is 11.6 Å². The summed E-state index contributed by atoms with van der Waals surface area (Å²) in [6.07, 6.45) is 1.31. The first kappa shape index (κ1) is 10.5. The first-order valence-corrected chi connectivity index (χ1v) is 4.13. The van der Waals surface area contributed by atoms with Crippen molar-refractivity contribution in [3.05, 3.63) is 6.33 Å². The molecular formula is C8H13N3O3. The second-order valence-corrected chi connectivity index (χ2v) is 2.47. The van der Waals surface area contributed by atoms with Crippen molar-refractivity contribution in [2.24, 2.45) is 0 Å². The van der Waals surface area contributed by atoms with E-state index in [1.165, 1.54) is 6.33 Å². The predicted molar refractivity (Wildman–Crippen MR) is 50.6 cm³/mol. The Morgan fingerprint density at radius 3 is 2.86 bits per heavy atom. The molecule has 0 aliphatic heterocycles. The number of hydrogen-bond donors (Lipinski definition) is 2. The third-order valence-electron chi connectivity index (χ3n) is 1.55. The summed E-state index contributed by atoms with van der Waals surface area (Å²) in [5, 5.41) is 12.2. The van der Waals surface area contributed by atoms with Crippen LogP contribution in [0.15, 0.2) is 6.33 Å². The highest BCUT2D eigenvalue weighted by Gasteiger charge is 2.09. The Labute approximate surface area is 81.9 Å². The zero-order valence-electron chi connectivity index (χ0n) is 8.15. The minimum Gasteiger partial charge on any atom is -0.501 e. The van der Waals surface area contributed by atoms with E-state index in [9.17, 15) is 5.11 Å². The van der Waals surface area contributed by atoms with E-state index in [1.807, 2.05) is 0 Å². The highest BCUT2D eigenvalue weighted by molar-refractivity contribution is 5.53. The molecule has 0 fully saturated rings. The number of aromatic nitrogens is 2. The summed E-state index contributed by atoms with van der Waals surface area (Å²) in [4.78, 5) is 7.58. The second-order valence-electron chi connectivity index (χ2n) is 2.47. The van der Waals surface area contributed by atoms with Crippen molar-refractivity contribution in [3.63, 3.8) is 0 Å². The van der Waals surface area contributed by atoms with Crippen LogP contribution in [-0.4, -0.2) is 42.4 Å². The van der Waals surface area contributed by atoms with Gasteiger partial charge in [-0.1, -0.05) is 0 Å². The van der Waals surface area contributed by atoms with E-state index in [4.69, 9.17) is 9.47 Å². The fraction of sp³-hybridized carbons (Fsp3) is 0.500. The monoisotopic (exact) mass is 199 g/mol. The molecule has 0 saturated carbocycles. The number of rotatable bonds is 5. The molecule has 0 atom stereocenters. The van der Waals surface area contributed by atoms with Crippen LogP contribution < -0.4 is 10.1 Å². The van der Waals surface area contributed by atoms with Gasteiger partial charge in [0, 0.05) is 14.2 Å². The average molecular weight is 199 g/mol. The summed E-state index contributed by atoms with van der Waals surface area (Å²) in [5.41, 5.74) is 0. The van der Waals surface area contributed by atoms with E-state index in [-0.39, 0.29) is 11.6 Å². The van der Waals surface area contributed by atoms with Crippen LogP contribution in [0.2, 0.25) is 0 Å². The molecule has 1 aromatic heterocycles. The number of anilines is 1. The first-order chi connectivity index (χ1) is 6.79. The number of hydrogen-bond acceptors (Lipinski definition) is 6. The lowest BCUT2D eigenvalue weighted by molar-refractivity contribution is 0.141. The summed E-state index contributed by atoms with van der Waals surface area (Å²) in [5.74, 6) is 0.403. The van der Waals surface area contributed by atoms with Gasteiger partial charge >= 0.3 is 0 Å². The smallest absolute Gasteiger partial charge is 0.262 e. The lowest BCUT2D eigenvalue weighted by Crippen LogP contribution is -2.06. The molecule has 6 nitrogen and oxygen atoms in total. The van der Waals surface area contributed by atoms with Crippen LogP contribution in [0.3, 0.4) is 0 Å². The molecule has 1 heterocycles. The minimum atomic E-state index is -0.0916. The average Bonchev–Trinajstić information content (AvgIpc) is 2.21. The Bertz CT molecular complexity index is 293. The van der Waals surface area contributed by atoms with Gasteiger partial charge in [0.05, 0.1) is 6.61 Å². The lowest BCUT2D eigenvalue weighted by atomic mass is 10.5. The molecule has 2 N–H and O–H groups in total. The predicted octanol–water partition coefficient (Wildman–Crippen LogP) is 0.249. The normalized spacial score (nSPS) is 9.86. The van der Waals surface area contributed by atoms with Gasteiger partial charge in [-0.3, -0.25) is 0 Å². The van der Waals surface area contributed by atoms with Crippen LogP contribution in [0.1, 0.15) is 0 Å². The van der Waals surface area contributed by atoms with Crippen LogP contribution in [-0.2, 0) is 4.74 Å². The van der Waals surface area contributed by atoms with Gasteiger partial charge in [0.25, 0.3) is 5.88 Å². The molecule has 1 aromatic rings. The molecule has 0 amide bonds. The van der Waals surface area contributed by atoms with Gasteiger partial charge in [-0.2, -0.15) is 4.98 Å². The lowest BCUT2D eigenvalue weighted by Gasteiger charge is -2.08. The van der Waals surface area contributed by atoms with Crippen LogP contribution >= 0.6 is 0 Å². The van der Waals surface area contributed by atoms with Gasteiger partial charge in [-0.05, 0) is 0 Å². The van der Waals surface area contributed by atoms with Gasteiger partial charge in [0.2, 0.25) is 5.75 Å². The maximum Gasteiger partial charge on any atom is 0.262 e. The second kappa shape index (κ2) is 5.23. The van der Waals surface area contributed by atoms with Crippen LogP contribution in [0.25, 0.3) is 0 Å². The molecule has 1 rings (SSSR count). The van der Waals surface area contributed by atoms with Gasteiger partial charge in [0.15, 0.2) is 5.82 Å². The van der Waals surface area contributed by atoms with Crippen molar-refractivity contribution in [2.45, 2.75) is 0 Å². The SMILES string of the molecule is CNc1ncnc(OCCOC)c1O. The van der Waals surface area contributed by atoms with E-state index in [1.54, 1.807) is 14.2 Å². The highest BCUT2D eigenvalue weighted by Crippen LogP contribution is 2.28. The standard InChI is InChI=1S/C8H13N3O3/c1-9-7-6(12)8(11-5-10-7)14-4-3-13-2/h5,12H,3-4H2,1-2H3,(H,9,10,11). The van der Waals surface area contributed by atoms with Crippen molar-refractivity contribution < 1.29 is 14.6 Å². The van der Waals surface area contributed by atoms with Crippen molar-refractivity contribution in [2.75, 3.05) is 32.7 Å². The molecule has 0 saturated heterocycles. The van der Waals surface area contributed by atoms with Crippen molar-refractivity contribution >= 4 is 5.82 Å². The number of ether oxygens (including phenoxy) is 2. The summed E-state index contributed by atoms with van der Waals surface area (Å²) >= 11 is 0. The molecule has 14 heavy (non-hydrogen) atoms. The number of nitrogens with one attached hydrogen (secondary N) is 1. The third-order valence-corrected chi connectivity index (χ3v) is 1.55. The molecule has 0 spiro atoms. The Hall–Kier alpha value is -1.56. The first-order valence-electron chi connectivity index (χ1n) is 4.13. The largest absolute Gasteiger partial charge is 0.501 e. The van der Waals surface area contributed by atoms with Crippen LogP contribution in [0, 0.1) is 0 Å². The Morgan fingerprint density at radius 2 is 2.21 bits per heavy atom. The summed E-state index contributed by atoms with van der Waals surface area (Å²) < 4.78 is 9.95. The third kappa shape index (κ3) is 2.46. The van der Waals surface area contributed by atoms with Gasteiger partial charge in [-0.25, -0.2) is 4.98 Å². The van der Waals surface area contributed by atoms with E-state index < -0.39 is 0 Å². The molecule has 0 radical (unpaired) electrons. The van der Waals surface area contributed by atoms with Gasteiger partial charge in [0.1, 0.15) is 12.9 Å². The zero-order chi connectivity index (χ0) is 10.4. The molecule has 0 aliphatic rings. The van der Waals surface area contributed by atoms with Crippen molar-refractivity contribution in [1.82, 2.24) is 9.97 Å². The Balaban J connectivity index is 2.66.